The zero-order chi connectivity index (χ0) is 13.7. The van der Waals surface area contributed by atoms with Crippen LogP contribution in [0.15, 0.2) is 48.5 Å². The van der Waals surface area contributed by atoms with Gasteiger partial charge in [0, 0.05) is 5.69 Å². The second-order valence-electron chi connectivity index (χ2n) is 4.29. The van der Waals surface area contributed by atoms with E-state index >= 15 is 0 Å². The van der Waals surface area contributed by atoms with Crippen LogP contribution in [0.2, 0.25) is 0 Å². The summed E-state index contributed by atoms with van der Waals surface area (Å²) in [7, 11) is 1.63. The summed E-state index contributed by atoms with van der Waals surface area (Å²) in [5, 5.41) is 12.6. The molecular weight excluding hydrogens is 236 g/mol. The number of methoxy groups -OCH3 is 1. The number of ether oxygens (including phenoxy) is 1. The lowest BCUT2D eigenvalue weighted by atomic mass is 10.1. The van der Waals surface area contributed by atoms with Crippen molar-refractivity contribution in [2.24, 2.45) is 0 Å². The quantitative estimate of drug-likeness (QED) is 0.902. The van der Waals surface area contributed by atoms with Crippen LogP contribution in [0.4, 0.5) is 5.69 Å². The van der Waals surface area contributed by atoms with Crippen LogP contribution in [-0.2, 0) is 0 Å². The van der Waals surface area contributed by atoms with Crippen molar-refractivity contribution in [1.29, 1.82) is 5.26 Å². The van der Waals surface area contributed by atoms with Gasteiger partial charge in [-0.3, -0.25) is 0 Å². The molecule has 0 amide bonds. The van der Waals surface area contributed by atoms with Gasteiger partial charge in [-0.05, 0) is 36.2 Å². The van der Waals surface area contributed by atoms with E-state index in [1.807, 2.05) is 55.5 Å². The number of anilines is 1. The van der Waals surface area contributed by atoms with Crippen molar-refractivity contribution in [1.82, 2.24) is 0 Å². The molecule has 0 bridgehead atoms. The number of hydrogen-bond donors (Lipinski definition) is 1. The van der Waals surface area contributed by atoms with Crippen LogP contribution in [0.5, 0.6) is 5.75 Å². The standard InChI is InChI=1S/C16H16N2O/c1-12-5-3-4-6-15(12)18-16(11-17)13-7-9-14(19-2)10-8-13/h3-10,16,18H,1-2H3/t16-/m0/s1. The second-order valence-corrected chi connectivity index (χ2v) is 4.29. The fraction of sp³-hybridized carbons (Fsp3) is 0.188. The Morgan fingerprint density at radius 2 is 1.79 bits per heavy atom. The van der Waals surface area contributed by atoms with Gasteiger partial charge < -0.3 is 10.1 Å². The number of rotatable bonds is 4. The SMILES string of the molecule is COc1ccc([C@H](C#N)Nc2ccccc2C)cc1. The Hall–Kier alpha value is -2.47. The number of nitrogens with zero attached hydrogens (tertiary/aromatic N) is 1. The molecule has 0 saturated heterocycles. The van der Waals surface area contributed by atoms with E-state index in [1.54, 1.807) is 7.11 Å². The molecule has 0 spiro atoms. The molecule has 0 unspecified atom stereocenters. The number of aryl methyl sites for hydroxylation is 1. The lowest BCUT2D eigenvalue weighted by Gasteiger charge is -2.15. The van der Waals surface area contributed by atoms with E-state index in [0.717, 1.165) is 22.6 Å². The maximum Gasteiger partial charge on any atom is 0.140 e. The van der Waals surface area contributed by atoms with Crippen LogP contribution >= 0.6 is 0 Å². The van der Waals surface area contributed by atoms with Gasteiger partial charge in [0.1, 0.15) is 11.8 Å². The zero-order valence-corrected chi connectivity index (χ0v) is 11.1. The van der Waals surface area contributed by atoms with E-state index < -0.39 is 0 Å². The Labute approximate surface area is 113 Å². The number of hydrogen-bond acceptors (Lipinski definition) is 3. The number of nitrogens with one attached hydrogen (secondary N) is 1. The van der Waals surface area contributed by atoms with Crippen LogP contribution < -0.4 is 10.1 Å². The minimum atomic E-state index is -0.369. The van der Waals surface area contributed by atoms with E-state index in [1.165, 1.54) is 0 Å². The van der Waals surface area contributed by atoms with Crippen molar-refractivity contribution in [3.63, 3.8) is 0 Å². The van der Waals surface area contributed by atoms with Gasteiger partial charge in [-0.25, -0.2) is 0 Å². The third-order valence-electron chi connectivity index (χ3n) is 3.02. The summed E-state index contributed by atoms with van der Waals surface area (Å²) in [6.45, 7) is 2.02. The monoisotopic (exact) mass is 252 g/mol. The van der Waals surface area contributed by atoms with Crippen molar-refractivity contribution in [2.75, 3.05) is 12.4 Å². The second kappa shape index (κ2) is 5.92. The molecule has 3 nitrogen and oxygen atoms in total. The Bertz CT molecular complexity index is 584. The molecule has 0 aromatic heterocycles. The Kier molecular flexibility index (Phi) is 4.04. The highest BCUT2D eigenvalue weighted by Gasteiger charge is 2.11. The average molecular weight is 252 g/mol. The normalized spacial score (nSPS) is 11.4. The van der Waals surface area contributed by atoms with Crippen LogP contribution in [0.3, 0.4) is 0 Å². The van der Waals surface area contributed by atoms with Gasteiger partial charge in [-0.2, -0.15) is 5.26 Å². The number of nitriles is 1. The first-order valence-corrected chi connectivity index (χ1v) is 6.10. The molecule has 0 aliphatic heterocycles. The largest absolute Gasteiger partial charge is 0.497 e. The Morgan fingerprint density at radius 1 is 1.11 bits per heavy atom. The molecule has 96 valence electrons. The van der Waals surface area contributed by atoms with Crippen molar-refractivity contribution < 1.29 is 4.74 Å². The molecule has 0 aliphatic carbocycles. The van der Waals surface area contributed by atoms with Crippen molar-refractivity contribution in [2.45, 2.75) is 13.0 Å². The van der Waals surface area contributed by atoms with Crippen LogP contribution in [0.25, 0.3) is 0 Å². The van der Waals surface area contributed by atoms with E-state index in [2.05, 4.69) is 11.4 Å². The summed E-state index contributed by atoms with van der Waals surface area (Å²) in [6, 6.07) is 17.4. The molecule has 1 atom stereocenters. The molecule has 0 saturated carbocycles. The van der Waals surface area contributed by atoms with Crippen LogP contribution in [0.1, 0.15) is 17.2 Å². The minimum Gasteiger partial charge on any atom is -0.497 e. The molecule has 2 aromatic rings. The van der Waals surface area contributed by atoms with Gasteiger partial charge in [0.15, 0.2) is 0 Å². The molecule has 2 rings (SSSR count). The molecule has 0 fully saturated rings. The smallest absolute Gasteiger partial charge is 0.140 e. The first-order valence-electron chi connectivity index (χ1n) is 6.10. The summed E-state index contributed by atoms with van der Waals surface area (Å²) in [5.41, 5.74) is 3.02. The van der Waals surface area contributed by atoms with Gasteiger partial charge in [0.05, 0.1) is 13.2 Å². The molecule has 1 N–H and O–H groups in total. The summed E-state index contributed by atoms with van der Waals surface area (Å²) < 4.78 is 5.12. The predicted octanol–water partition coefficient (Wildman–Crippen LogP) is 3.68. The Balaban J connectivity index is 2.21. The molecule has 0 heterocycles. The summed E-state index contributed by atoms with van der Waals surface area (Å²) in [5.74, 6) is 0.788. The minimum absolute atomic E-state index is 0.369. The number of para-hydroxylation sites is 1. The molecule has 0 radical (unpaired) electrons. The van der Waals surface area contributed by atoms with Gasteiger partial charge in [0.2, 0.25) is 0 Å². The average Bonchev–Trinajstić information content (AvgIpc) is 2.47. The maximum absolute atomic E-state index is 9.31. The van der Waals surface area contributed by atoms with Gasteiger partial charge in [0.25, 0.3) is 0 Å². The summed E-state index contributed by atoms with van der Waals surface area (Å²) in [4.78, 5) is 0. The molecule has 19 heavy (non-hydrogen) atoms. The maximum atomic E-state index is 9.31. The fourth-order valence-corrected chi connectivity index (χ4v) is 1.88. The zero-order valence-electron chi connectivity index (χ0n) is 11.1. The van der Waals surface area contributed by atoms with Gasteiger partial charge in [-0.1, -0.05) is 30.3 Å². The summed E-state index contributed by atoms with van der Waals surface area (Å²) in [6.07, 6.45) is 0. The first kappa shape index (κ1) is 13.0. The summed E-state index contributed by atoms with van der Waals surface area (Å²) >= 11 is 0. The van der Waals surface area contributed by atoms with Gasteiger partial charge in [-0.15, -0.1) is 0 Å². The third-order valence-corrected chi connectivity index (χ3v) is 3.02. The topological polar surface area (TPSA) is 45.0 Å². The van der Waals surface area contributed by atoms with Crippen LogP contribution in [-0.4, -0.2) is 7.11 Å². The van der Waals surface area contributed by atoms with Gasteiger partial charge >= 0.3 is 0 Å². The first-order chi connectivity index (χ1) is 9.24. The fourth-order valence-electron chi connectivity index (χ4n) is 1.88. The number of benzene rings is 2. The predicted molar refractivity (Wildman–Crippen MR) is 76.1 cm³/mol. The van der Waals surface area contributed by atoms with Crippen molar-refractivity contribution in [3.05, 3.63) is 59.7 Å². The van der Waals surface area contributed by atoms with E-state index in [0.29, 0.717) is 0 Å². The third kappa shape index (κ3) is 3.05. The lowest BCUT2D eigenvalue weighted by molar-refractivity contribution is 0.414. The Morgan fingerprint density at radius 3 is 2.37 bits per heavy atom. The van der Waals surface area contributed by atoms with Crippen molar-refractivity contribution >= 4 is 5.69 Å². The molecule has 2 aromatic carbocycles. The van der Waals surface area contributed by atoms with E-state index in [-0.39, 0.29) is 6.04 Å². The van der Waals surface area contributed by atoms with E-state index in [9.17, 15) is 5.26 Å². The van der Waals surface area contributed by atoms with E-state index in [4.69, 9.17) is 4.74 Å². The van der Waals surface area contributed by atoms with Crippen LogP contribution in [0, 0.1) is 18.3 Å². The molecule has 3 heteroatoms. The van der Waals surface area contributed by atoms with Crippen molar-refractivity contribution in [3.8, 4) is 11.8 Å². The lowest BCUT2D eigenvalue weighted by Crippen LogP contribution is -2.09. The highest BCUT2D eigenvalue weighted by Crippen LogP contribution is 2.23. The molecular formula is C16H16N2O. The highest BCUT2D eigenvalue weighted by atomic mass is 16.5. The molecule has 0 aliphatic rings. The highest BCUT2D eigenvalue weighted by molar-refractivity contribution is 5.53.